The minimum atomic E-state index is -0.446. The summed E-state index contributed by atoms with van der Waals surface area (Å²) in [6.45, 7) is 0. The van der Waals surface area contributed by atoms with E-state index in [4.69, 9.17) is 4.42 Å². The van der Waals surface area contributed by atoms with E-state index in [-0.39, 0.29) is 22.9 Å². The number of anilines is 1. The van der Waals surface area contributed by atoms with Gasteiger partial charge in [-0.05, 0) is 64.5 Å². The molecule has 0 fully saturated rings. The second-order valence-electron chi connectivity index (χ2n) is 6.07. The SMILES string of the molecule is O=C(Nc1c(C(=O)c2ccc(F)cc2)oc2ccccc12)c1ccccc1Br. The van der Waals surface area contributed by atoms with Crippen molar-refractivity contribution in [3.63, 3.8) is 0 Å². The molecule has 1 heterocycles. The first-order valence-corrected chi connectivity index (χ1v) is 9.21. The van der Waals surface area contributed by atoms with Crippen molar-refractivity contribution in [1.82, 2.24) is 0 Å². The average Bonchev–Trinajstić information content (AvgIpc) is 3.07. The van der Waals surface area contributed by atoms with Gasteiger partial charge in [0.25, 0.3) is 5.91 Å². The molecule has 1 amide bonds. The average molecular weight is 438 g/mol. The van der Waals surface area contributed by atoms with Crippen molar-refractivity contribution in [2.24, 2.45) is 0 Å². The van der Waals surface area contributed by atoms with E-state index in [0.29, 0.717) is 21.0 Å². The molecule has 0 unspecified atom stereocenters. The standard InChI is InChI=1S/C22H13BrFNO3/c23-17-7-3-1-5-15(17)22(27)25-19-16-6-2-4-8-18(16)28-21(19)20(26)13-9-11-14(24)12-10-13/h1-12H,(H,25,27). The number of hydrogen-bond acceptors (Lipinski definition) is 3. The molecule has 28 heavy (non-hydrogen) atoms. The summed E-state index contributed by atoms with van der Waals surface area (Å²) in [7, 11) is 0. The van der Waals surface area contributed by atoms with Gasteiger partial charge in [-0.15, -0.1) is 0 Å². The molecule has 0 bridgehead atoms. The van der Waals surface area contributed by atoms with Gasteiger partial charge in [0.15, 0.2) is 5.76 Å². The summed E-state index contributed by atoms with van der Waals surface area (Å²) in [6.07, 6.45) is 0. The second kappa shape index (κ2) is 7.40. The molecular formula is C22H13BrFNO3. The molecule has 138 valence electrons. The highest BCUT2D eigenvalue weighted by molar-refractivity contribution is 9.10. The van der Waals surface area contributed by atoms with E-state index in [1.807, 2.05) is 0 Å². The van der Waals surface area contributed by atoms with Crippen LogP contribution in [0.25, 0.3) is 11.0 Å². The third-order valence-electron chi connectivity index (χ3n) is 4.27. The van der Waals surface area contributed by atoms with Crippen molar-refractivity contribution in [3.05, 3.63) is 100.0 Å². The van der Waals surface area contributed by atoms with Crippen molar-refractivity contribution in [2.45, 2.75) is 0 Å². The third-order valence-corrected chi connectivity index (χ3v) is 4.96. The molecule has 4 nitrogen and oxygen atoms in total. The first-order chi connectivity index (χ1) is 13.5. The number of halogens is 2. The van der Waals surface area contributed by atoms with Crippen LogP contribution in [0.3, 0.4) is 0 Å². The number of para-hydroxylation sites is 1. The van der Waals surface area contributed by atoms with Gasteiger partial charge in [-0.1, -0.05) is 24.3 Å². The fourth-order valence-electron chi connectivity index (χ4n) is 2.89. The Morgan fingerprint density at radius 3 is 2.32 bits per heavy atom. The Morgan fingerprint density at radius 1 is 0.893 bits per heavy atom. The maximum atomic E-state index is 13.2. The Hall–Kier alpha value is -3.25. The van der Waals surface area contributed by atoms with Crippen LogP contribution in [-0.4, -0.2) is 11.7 Å². The Kier molecular flexibility index (Phi) is 4.79. The van der Waals surface area contributed by atoms with Gasteiger partial charge in [0.05, 0.1) is 11.3 Å². The monoisotopic (exact) mass is 437 g/mol. The summed E-state index contributed by atoms with van der Waals surface area (Å²) in [5, 5.41) is 3.40. The highest BCUT2D eigenvalue weighted by Crippen LogP contribution is 2.33. The van der Waals surface area contributed by atoms with Crippen molar-refractivity contribution in [2.75, 3.05) is 5.32 Å². The zero-order valence-electron chi connectivity index (χ0n) is 14.4. The van der Waals surface area contributed by atoms with Gasteiger partial charge in [0.1, 0.15) is 11.4 Å². The van der Waals surface area contributed by atoms with Crippen LogP contribution in [-0.2, 0) is 0 Å². The molecule has 0 saturated carbocycles. The number of hydrogen-bond donors (Lipinski definition) is 1. The lowest BCUT2D eigenvalue weighted by Crippen LogP contribution is -2.14. The molecule has 0 radical (unpaired) electrons. The van der Waals surface area contributed by atoms with Crippen LogP contribution in [0.4, 0.5) is 10.1 Å². The van der Waals surface area contributed by atoms with Crippen LogP contribution in [0.2, 0.25) is 0 Å². The lowest BCUT2D eigenvalue weighted by atomic mass is 10.1. The van der Waals surface area contributed by atoms with Crippen LogP contribution < -0.4 is 5.32 Å². The lowest BCUT2D eigenvalue weighted by Gasteiger charge is -2.07. The van der Waals surface area contributed by atoms with E-state index in [9.17, 15) is 14.0 Å². The van der Waals surface area contributed by atoms with Crippen LogP contribution in [0, 0.1) is 5.82 Å². The number of rotatable bonds is 4. The number of carbonyl (C=O) groups is 2. The van der Waals surface area contributed by atoms with E-state index >= 15 is 0 Å². The molecule has 0 saturated heterocycles. The lowest BCUT2D eigenvalue weighted by molar-refractivity contribution is 0.101. The molecule has 6 heteroatoms. The first kappa shape index (κ1) is 18.1. The Bertz CT molecular complexity index is 1200. The predicted octanol–water partition coefficient (Wildman–Crippen LogP) is 5.82. The summed E-state index contributed by atoms with van der Waals surface area (Å²) in [4.78, 5) is 25.7. The van der Waals surface area contributed by atoms with Gasteiger partial charge >= 0.3 is 0 Å². The Labute approximate surface area is 168 Å². The highest BCUT2D eigenvalue weighted by atomic mass is 79.9. The molecular weight excluding hydrogens is 425 g/mol. The van der Waals surface area contributed by atoms with E-state index in [0.717, 1.165) is 0 Å². The summed E-state index contributed by atoms with van der Waals surface area (Å²) in [6, 6.07) is 19.2. The number of carbonyl (C=O) groups excluding carboxylic acids is 2. The maximum absolute atomic E-state index is 13.2. The molecule has 1 N–H and O–H groups in total. The molecule has 0 aliphatic rings. The Balaban J connectivity index is 1.79. The minimum Gasteiger partial charge on any atom is -0.450 e. The van der Waals surface area contributed by atoms with Gasteiger partial charge in [0.2, 0.25) is 5.78 Å². The fourth-order valence-corrected chi connectivity index (χ4v) is 3.35. The van der Waals surface area contributed by atoms with Crippen LogP contribution in [0.5, 0.6) is 0 Å². The number of ketones is 1. The van der Waals surface area contributed by atoms with Gasteiger partial charge in [0, 0.05) is 15.4 Å². The normalized spacial score (nSPS) is 10.8. The minimum absolute atomic E-state index is 0.00629. The van der Waals surface area contributed by atoms with E-state index < -0.39 is 11.6 Å². The van der Waals surface area contributed by atoms with Crippen molar-refractivity contribution in [3.8, 4) is 0 Å². The smallest absolute Gasteiger partial charge is 0.256 e. The summed E-state index contributed by atoms with van der Waals surface area (Å²) in [5.74, 6) is -1.28. The first-order valence-electron chi connectivity index (χ1n) is 8.42. The summed E-state index contributed by atoms with van der Waals surface area (Å²) >= 11 is 3.35. The number of amides is 1. The van der Waals surface area contributed by atoms with Gasteiger partial charge in [-0.3, -0.25) is 9.59 Å². The Morgan fingerprint density at radius 2 is 1.57 bits per heavy atom. The molecule has 3 aromatic carbocycles. The van der Waals surface area contributed by atoms with E-state index in [2.05, 4.69) is 21.2 Å². The highest BCUT2D eigenvalue weighted by Gasteiger charge is 2.24. The van der Waals surface area contributed by atoms with Crippen LogP contribution in [0.15, 0.2) is 81.7 Å². The predicted molar refractivity (Wildman–Crippen MR) is 108 cm³/mol. The van der Waals surface area contributed by atoms with Crippen molar-refractivity contribution >= 4 is 44.3 Å². The topological polar surface area (TPSA) is 59.3 Å². The molecule has 4 rings (SSSR count). The van der Waals surface area contributed by atoms with E-state index in [1.165, 1.54) is 24.3 Å². The largest absolute Gasteiger partial charge is 0.450 e. The fraction of sp³-hybridized carbons (Fsp3) is 0. The molecule has 0 atom stereocenters. The molecule has 0 spiro atoms. The number of fused-ring (bicyclic) bond motifs is 1. The van der Waals surface area contributed by atoms with Crippen LogP contribution in [0.1, 0.15) is 26.5 Å². The van der Waals surface area contributed by atoms with Gasteiger partial charge in [-0.25, -0.2) is 4.39 Å². The van der Waals surface area contributed by atoms with Crippen molar-refractivity contribution in [1.29, 1.82) is 0 Å². The second-order valence-corrected chi connectivity index (χ2v) is 6.93. The number of benzene rings is 3. The third kappa shape index (κ3) is 3.34. The quantitative estimate of drug-likeness (QED) is 0.409. The molecule has 4 aromatic rings. The van der Waals surface area contributed by atoms with Gasteiger partial charge in [-0.2, -0.15) is 0 Å². The zero-order chi connectivity index (χ0) is 19.7. The maximum Gasteiger partial charge on any atom is 0.256 e. The number of nitrogens with one attached hydrogen (secondary N) is 1. The molecule has 0 aliphatic carbocycles. The zero-order valence-corrected chi connectivity index (χ0v) is 16.0. The molecule has 0 aliphatic heterocycles. The van der Waals surface area contributed by atoms with E-state index in [1.54, 1.807) is 48.5 Å². The number of furan rings is 1. The summed E-state index contributed by atoms with van der Waals surface area (Å²) < 4.78 is 19.6. The summed E-state index contributed by atoms with van der Waals surface area (Å²) in [5.41, 5.74) is 1.44. The van der Waals surface area contributed by atoms with Crippen LogP contribution >= 0.6 is 15.9 Å². The molecule has 1 aromatic heterocycles. The van der Waals surface area contributed by atoms with Gasteiger partial charge < -0.3 is 9.73 Å². The van der Waals surface area contributed by atoms with Crippen molar-refractivity contribution < 1.29 is 18.4 Å².